The summed E-state index contributed by atoms with van der Waals surface area (Å²) >= 11 is 1.59. The van der Waals surface area contributed by atoms with Crippen LogP contribution >= 0.6 is 11.3 Å². The van der Waals surface area contributed by atoms with Crippen molar-refractivity contribution in [3.8, 4) is 0 Å². The third-order valence-electron chi connectivity index (χ3n) is 5.58. The molecule has 0 spiro atoms. The van der Waals surface area contributed by atoms with Crippen LogP contribution in [0, 0.1) is 5.92 Å². The number of carbonyl (C=O) groups is 3. The Morgan fingerprint density at radius 1 is 1.24 bits per heavy atom. The number of carbonyl (C=O) groups excluding carboxylic acids is 3. The second kappa shape index (κ2) is 6.78. The molecule has 1 N–H and O–H groups in total. The molecule has 2 saturated heterocycles. The highest BCUT2D eigenvalue weighted by Crippen LogP contribution is 2.28. The molecule has 6 nitrogen and oxygen atoms in total. The molecule has 1 aromatic heterocycles. The van der Waals surface area contributed by atoms with Crippen LogP contribution in [0.2, 0.25) is 0 Å². The minimum Gasteiger partial charge on any atom is -0.342 e. The molecular weight excluding hydrogens is 338 g/mol. The van der Waals surface area contributed by atoms with Crippen molar-refractivity contribution in [1.29, 1.82) is 0 Å². The van der Waals surface area contributed by atoms with Crippen LogP contribution in [0.4, 0.5) is 0 Å². The largest absolute Gasteiger partial charge is 0.342 e. The maximum Gasteiger partial charge on any atom is 0.246 e. The molecule has 0 radical (unpaired) electrons. The Labute approximate surface area is 151 Å². The van der Waals surface area contributed by atoms with Crippen LogP contribution in [-0.2, 0) is 20.8 Å². The SMILES string of the molecule is O=C1NC(Cc2cccs2)C(=O)N2CCN(C(=O)C3CCCC3)CC12. The van der Waals surface area contributed by atoms with E-state index in [1.54, 1.807) is 21.1 Å². The summed E-state index contributed by atoms with van der Waals surface area (Å²) in [6, 6.07) is 2.91. The van der Waals surface area contributed by atoms with Crippen molar-refractivity contribution >= 4 is 29.1 Å². The highest BCUT2D eigenvalue weighted by Gasteiger charge is 2.45. The van der Waals surface area contributed by atoms with Gasteiger partial charge in [-0.05, 0) is 24.3 Å². The van der Waals surface area contributed by atoms with E-state index < -0.39 is 12.1 Å². The molecule has 0 bridgehead atoms. The molecule has 1 aliphatic carbocycles. The highest BCUT2D eigenvalue weighted by atomic mass is 32.1. The standard InChI is InChI=1S/C18H23N3O3S/c22-16-15-11-20(17(23)12-4-1-2-5-12)7-8-21(15)18(24)14(19-16)10-13-6-3-9-25-13/h3,6,9,12,14-15H,1-2,4-5,7-8,10-11H2,(H,19,22). The Hall–Kier alpha value is -1.89. The highest BCUT2D eigenvalue weighted by molar-refractivity contribution is 7.09. The number of piperazine rings is 2. The fraction of sp³-hybridized carbons (Fsp3) is 0.611. The minimum absolute atomic E-state index is 0.0223. The van der Waals surface area contributed by atoms with E-state index in [4.69, 9.17) is 0 Å². The van der Waals surface area contributed by atoms with Crippen LogP contribution in [0.5, 0.6) is 0 Å². The lowest BCUT2D eigenvalue weighted by Crippen LogP contribution is -2.70. The molecule has 3 fully saturated rings. The van der Waals surface area contributed by atoms with Crippen LogP contribution in [0.3, 0.4) is 0 Å². The number of hydrogen-bond acceptors (Lipinski definition) is 4. The minimum atomic E-state index is -0.536. The van der Waals surface area contributed by atoms with Gasteiger partial charge >= 0.3 is 0 Å². The van der Waals surface area contributed by atoms with Gasteiger partial charge in [-0.1, -0.05) is 18.9 Å². The maximum absolute atomic E-state index is 12.8. The van der Waals surface area contributed by atoms with E-state index >= 15 is 0 Å². The summed E-state index contributed by atoms with van der Waals surface area (Å²) in [5, 5.41) is 4.84. The zero-order valence-corrected chi connectivity index (χ0v) is 15.0. The zero-order valence-electron chi connectivity index (χ0n) is 14.1. The van der Waals surface area contributed by atoms with Gasteiger partial charge in [0.25, 0.3) is 0 Å². The zero-order chi connectivity index (χ0) is 17.4. The van der Waals surface area contributed by atoms with E-state index in [9.17, 15) is 14.4 Å². The molecule has 2 atom stereocenters. The monoisotopic (exact) mass is 361 g/mol. The van der Waals surface area contributed by atoms with Gasteiger partial charge in [0, 0.05) is 30.3 Å². The maximum atomic E-state index is 12.8. The summed E-state index contributed by atoms with van der Waals surface area (Å²) in [5.74, 6) is 0.120. The van der Waals surface area contributed by atoms with Crippen molar-refractivity contribution in [3.63, 3.8) is 0 Å². The Kier molecular flexibility index (Phi) is 4.50. The Morgan fingerprint density at radius 2 is 2.04 bits per heavy atom. The Balaban J connectivity index is 1.43. The number of thiophene rings is 1. The van der Waals surface area contributed by atoms with E-state index in [0.29, 0.717) is 26.1 Å². The quantitative estimate of drug-likeness (QED) is 0.874. The summed E-state index contributed by atoms with van der Waals surface area (Å²) in [5.41, 5.74) is 0. The number of nitrogens with zero attached hydrogens (tertiary/aromatic N) is 2. The Bertz CT molecular complexity index is 669. The molecule has 3 aliphatic rings. The van der Waals surface area contributed by atoms with Crippen molar-refractivity contribution < 1.29 is 14.4 Å². The third-order valence-corrected chi connectivity index (χ3v) is 6.48. The molecule has 134 valence electrons. The van der Waals surface area contributed by atoms with Gasteiger partial charge < -0.3 is 15.1 Å². The molecule has 3 amide bonds. The molecule has 7 heteroatoms. The summed E-state index contributed by atoms with van der Waals surface area (Å²) < 4.78 is 0. The van der Waals surface area contributed by atoms with Gasteiger partial charge in [-0.3, -0.25) is 14.4 Å². The smallest absolute Gasteiger partial charge is 0.246 e. The van der Waals surface area contributed by atoms with Crippen molar-refractivity contribution in [2.45, 2.75) is 44.2 Å². The van der Waals surface area contributed by atoms with Crippen molar-refractivity contribution in [2.75, 3.05) is 19.6 Å². The van der Waals surface area contributed by atoms with E-state index in [-0.39, 0.29) is 23.6 Å². The molecular formula is C18H23N3O3S. The second-order valence-corrected chi connectivity index (χ2v) is 8.19. The van der Waals surface area contributed by atoms with Gasteiger partial charge in [-0.25, -0.2) is 0 Å². The van der Waals surface area contributed by atoms with Gasteiger partial charge in [0.1, 0.15) is 12.1 Å². The van der Waals surface area contributed by atoms with E-state index in [0.717, 1.165) is 30.6 Å². The number of fused-ring (bicyclic) bond motifs is 1. The van der Waals surface area contributed by atoms with Crippen LogP contribution in [0.1, 0.15) is 30.6 Å². The summed E-state index contributed by atoms with van der Waals surface area (Å²) in [4.78, 5) is 42.5. The van der Waals surface area contributed by atoms with Gasteiger partial charge in [-0.15, -0.1) is 11.3 Å². The average molecular weight is 361 g/mol. The lowest BCUT2D eigenvalue weighted by Gasteiger charge is -2.45. The van der Waals surface area contributed by atoms with E-state index in [1.165, 1.54) is 0 Å². The molecule has 3 heterocycles. The van der Waals surface area contributed by atoms with Crippen LogP contribution in [-0.4, -0.2) is 59.2 Å². The fourth-order valence-electron chi connectivity index (χ4n) is 4.20. The van der Waals surface area contributed by atoms with Crippen LogP contribution in [0.25, 0.3) is 0 Å². The van der Waals surface area contributed by atoms with E-state index in [2.05, 4.69) is 5.32 Å². The number of amides is 3. The lowest BCUT2D eigenvalue weighted by molar-refractivity contribution is -0.156. The molecule has 4 rings (SSSR count). The number of rotatable bonds is 3. The van der Waals surface area contributed by atoms with Crippen LogP contribution < -0.4 is 5.32 Å². The first kappa shape index (κ1) is 16.6. The second-order valence-electron chi connectivity index (χ2n) is 7.16. The molecule has 1 saturated carbocycles. The number of nitrogens with one attached hydrogen (secondary N) is 1. The summed E-state index contributed by atoms with van der Waals surface area (Å²) in [7, 11) is 0. The van der Waals surface area contributed by atoms with Gasteiger partial charge in [0.05, 0.1) is 6.54 Å². The summed E-state index contributed by atoms with van der Waals surface area (Å²) in [6.45, 7) is 1.32. The number of hydrogen-bond donors (Lipinski definition) is 1. The fourth-order valence-corrected chi connectivity index (χ4v) is 4.95. The molecule has 0 aromatic carbocycles. The van der Waals surface area contributed by atoms with Gasteiger partial charge in [0.15, 0.2) is 0 Å². The predicted molar refractivity (Wildman–Crippen MR) is 94.0 cm³/mol. The average Bonchev–Trinajstić information content (AvgIpc) is 3.32. The summed E-state index contributed by atoms with van der Waals surface area (Å²) in [6.07, 6.45) is 4.68. The molecule has 25 heavy (non-hydrogen) atoms. The first-order chi connectivity index (χ1) is 12.1. The third kappa shape index (κ3) is 3.17. The van der Waals surface area contributed by atoms with Crippen LogP contribution in [0.15, 0.2) is 17.5 Å². The first-order valence-electron chi connectivity index (χ1n) is 9.05. The molecule has 2 unspecified atom stereocenters. The van der Waals surface area contributed by atoms with Crippen molar-refractivity contribution in [3.05, 3.63) is 22.4 Å². The molecule has 1 aromatic rings. The molecule has 2 aliphatic heterocycles. The predicted octanol–water partition coefficient (Wildman–Crippen LogP) is 1.02. The van der Waals surface area contributed by atoms with Crippen molar-refractivity contribution in [2.24, 2.45) is 5.92 Å². The topological polar surface area (TPSA) is 69.7 Å². The lowest BCUT2D eigenvalue weighted by atomic mass is 10.00. The Morgan fingerprint density at radius 3 is 2.76 bits per heavy atom. The first-order valence-corrected chi connectivity index (χ1v) is 9.93. The normalized spacial score (nSPS) is 27.4. The van der Waals surface area contributed by atoms with Gasteiger partial charge in [-0.2, -0.15) is 0 Å². The van der Waals surface area contributed by atoms with Gasteiger partial charge in [0.2, 0.25) is 17.7 Å². The van der Waals surface area contributed by atoms with E-state index in [1.807, 2.05) is 17.5 Å². The van der Waals surface area contributed by atoms with Crippen molar-refractivity contribution in [1.82, 2.24) is 15.1 Å².